The third-order valence-electron chi connectivity index (χ3n) is 6.68. The van der Waals surface area contributed by atoms with E-state index in [-0.39, 0.29) is 31.1 Å². The fourth-order valence-electron chi connectivity index (χ4n) is 4.80. The number of nitrogens with one attached hydrogen (secondary N) is 1. The Morgan fingerprint density at radius 3 is 2.55 bits per heavy atom. The Hall–Kier alpha value is -4.47. The molecular weight excluding hydrogens is 487 g/mol. The molecule has 0 saturated carbocycles. The van der Waals surface area contributed by atoms with E-state index in [1.807, 2.05) is 31.2 Å². The zero-order chi connectivity index (χ0) is 27.0. The number of pyridine rings is 1. The molecule has 1 aliphatic heterocycles. The highest BCUT2D eigenvalue weighted by Gasteiger charge is 2.40. The lowest BCUT2D eigenvalue weighted by atomic mass is 10.0. The van der Waals surface area contributed by atoms with Crippen molar-refractivity contribution in [1.82, 2.24) is 24.4 Å². The van der Waals surface area contributed by atoms with Crippen molar-refractivity contribution < 1.29 is 18.8 Å². The van der Waals surface area contributed by atoms with Crippen molar-refractivity contribution >= 4 is 34.3 Å². The number of aryl methyl sites for hydroxylation is 2. The second-order valence-corrected chi connectivity index (χ2v) is 9.53. The number of nitrogens with zero attached hydrogens (tertiary/aromatic N) is 5. The van der Waals surface area contributed by atoms with Crippen molar-refractivity contribution in [3.05, 3.63) is 72.2 Å². The number of alkyl halides is 1. The summed E-state index contributed by atoms with van der Waals surface area (Å²) in [4.78, 5) is 52.8. The highest BCUT2D eigenvalue weighted by molar-refractivity contribution is 6.06. The minimum atomic E-state index is -1.31. The van der Waals surface area contributed by atoms with Crippen LogP contribution in [-0.4, -0.2) is 60.9 Å². The molecule has 4 heterocycles. The molecule has 1 saturated heterocycles. The first-order valence-electron chi connectivity index (χ1n) is 12.3. The van der Waals surface area contributed by atoms with Crippen LogP contribution in [-0.2, 0) is 11.2 Å². The monoisotopic (exact) mass is 514 g/mol. The standard InChI is InChI=1S/C28H27FN6O3/c1-16-5-4-6-22(32-16)11-27(37)26-10-21(29)14-35(26)28(38)33-24-15-34(18(3)36)25-9-19(7-8-23(24)25)20-12-30-17(2)31-13-20/h4-9,12-13,15,21,26H,10-11,14H2,1-3H3,(H,33,38)/t21-,26+/m1/s1. The molecule has 4 aromatic rings. The average Bonchev–Trinajstić information content (AvgIpc) is 3.45. The Kier molecular flexibility index (Phi) is 6.71. The Morgan fingerprint density at radius 2 is 1.84 bits per heavy atom. The number of fused-ring (bicyclic) bond motifs is 1. The summed E-state index contributed by atoms with van der Waals surface area (Å²) < 4.78 is 15.9. The molecule has 0 aliphatic carbocycles. The molecule has 9 nitrogen and oxygen atoms in total. The molecule has 2 amide bonds. The van der Waals surface area contributed by atoms with Gasteiger partial charge in [0.05, 0.1) is 30.2 Å². The van der Waals surface area contributed by atoms with Gasteiger partial charge >= 0.3 is 6.03 Å². The van der Waals surface area contributed by atoms with E-state index in [4.69, 9.17) is 0 Å². The molecule has 38 heavy (non-hydrogen) atoms. The zero-order valence-corrected chi connectivity index (χ0v) is 21.3. The zero-order valence-electron chi connectivity index (χ0n) is 21.3. The van der Waals surface area contributed by atoms with Gasteiger partial charge in [0.2, 0.25) is 5.91 Å². The quantitative estimate of drug-likeness (QED) is 0.419. The molecule has 10 heteroatoms. The SMILES string of the molecule is CC(=O)n1cc(NC(=O)N2C[C@H](F)C[C@H]2C(=O)Cc2cccc(C)n2)c2ccc(-c3cnc(C)nc3)cc21. The summed E-state index contributed by atoms with van der Waals surface area (Å²) in [6.07, 6.45) is 3.59. The van der Waals surface area contributed by atoms with Gasteiger partial charge in [-0.3, -0.25) is 19.1 Å². The summed E-state index contributed by atoms with van der Waals surface area (Å²) in [7, 11) is 0. The summed E-state index contributed by atoms with van der Waals surface area (Å²) in [6, 6.07) is 9.36. The van der Waals surface area contributed by atoms with E-state index < -0.39 is 18.2 Å². The molecule has 5 rings (SSSR count). The highest BCUT2D eigenvalue weighted by atomic mass is 19.1. The second kappa shape index (κ2) is 10.1. The number of rotatable bonds is 5. The fraction of sp³-hybridized carbons (Fsp3) is 0.286. The van der Waals surface area contributed by atoms with Gasteiger partial charge in [-0.2, -0.15) is 0 Å². The van der Waals surface area contributed by atoms with Gasteiger partial charge < -0.3 is 10.2 Å². The van der Waals surface area contributed by atoms with Crippen molar-refractivity contribution in [2.24, 2.45) is 0 Å². The Morgan fingerprint density at radius 1 is 1.08 bits per heavy atom. The van der Waals surface area contributed by atoms with Crippen LogP contribution in [0.5, 0.6) is 0 Å². The lowest BCUT2D eigenvalue weighted by Crippen LogP contribution is -2.43. The number of aromatic nitrogens is 4. The van der Waals surface area contributed by atoms with Gasteiger partial charge in [-0.25, -0.2) is 19.2 Å². The van der Waals surface area contributed by atoms with Crippen LogP contribution in [0.15, 0.2) is 55.0 Å². The minimum Gasteiger partial charge on any atom is -0.311 e. The van der Waals surface area contributed by atoms with Gasteiger partial charge in [-0.15, -0.1) is 0 Å². The maximum Gasteiger partial charge on any atom is 0.322 e. The second-order valence-electron chi connectivity index (χ2n) is 9.53. The van der Waals surface area contributed by atoms with E-state index in [1.165, 1.54) is 22.6 Å². The topological polar surface area (TPSA) is 110 Å². The van der Waals surface area contributed by atoms with Gasteiger partial charge in [0.15, 0.2) is 5.78 Å². The number of carbonyl (C=O) groups is 3. The van der Waals surface area contributed by atoms with E-state index >= 15 is 0 Å². The normalized spacial score (nSPS) is 17.1. The molecule has 1 aromatic carbocycles. The van der Waals surface area contributed by atoms with Crippen LogP contribution in [0.25, 0.3) is 22.0 Å². The number of ketones is 1. The first-order chi connectivity index (χ1) is 18.2. The third kappa shape index (κ3) is 5.02. The van der Waals surface area contributed by atoms with Crippen molar-refractivity contribution in [2.75, 3.05) is 11.9 Å². The summed E-state index contributed by atoms with van der Waals surface area (Å²) in [5.74, 6) is 0.141. The number of Topliss-reactive ketones (excluding diaryl/α,β-unsaturated/α-hetero) is 1. The summed E-state index contributed by atoms with van der Waals surface area (Å²) in [5.41, 5.74) is 3.94. The molecule has 0 spiro atoms. The van der Waals surface area contributed by atoms with Crippen LogP contribution in [0.3, 0.4) is 0 Å². The fourth-order valence-corrected chi connectivity index (χ4v) is 4.80. The minimum absolute atomic E-state index is 0.0119. The van der Waals surface area contributed by atoms with Crippen molar-refractivity contribution in [2.45, 2.75) is 45.8 Å². The van der Waals surface area contributed by atoms with Crippen molar-refractivity contribution in [1.29, 1.82) is 0 Å². The predicted molar refractivity (Wildman–Crippen MR) is 141 cm³/mol. The van der Waals surface area contributed by atoms with E-state index in [9.17, 15) is 18.8 Å². The maximum atomic E-state index is 14.4. The Bertz CT molecular complexity index is 1550. The van der Waals surface area contributed by atoms with Crippen LogP contribution in [0.1, 0.15) is 35.4 Å². The van der Waals surface area contributed by atoms with E-state index in [2.05, 4.69) is 20.3 Å². The third-order valence-corrected chi connectivity index (χ3v) is 6.68. The van der Waals surface area contributed by atoms with Crippen LogP contribution in [0.4, 0.5) is 14.9 Å². The average molecular weight is 515 g/mol. The number of anilines is 1. The first kappa shape index (κ1) is 25.2. The number of amides is 2. The van der Waals surface area contributed by atoms with Crippen LogP contribution >= 0.6 is 0 Å². The summed E-state index contributed by atoms with van der Waals surface area (Å²) in [6.45, 7) is 4.86. The van der Waals surface area contributed by atoms with Gasteiger partial charge in [-0.1, -0.05) is 18.2 Å². The molecule has 0 bridgehead atoms. The molecule has 2 atom stereocenters. The van der Waals surface area contributed by atoms with Gasteiger partial charge in [0, 0.05) is 54.3 Å². The number of benzene rings is 1. The number of hydrogen-bond donors (Lipinski definition) is 1. The molecular formula is C28H27FN6O3. The molecule has 194 valence electrons. The van der Waals surface area contributed by atoms with E-state index in [0.717, 1.165) is 16.8 Å². The number of urea groups is 1. The molecule has 1 fully saturated rings. The lowest BCUT2D eigenvalue weighted by molar-refractivity contribution is -0.122. The smallest absolute Gasteiger partial charge is 0.311 e. The van der Waals surface area contributed by atoms with Gasteiger partial charge in [0.25, 0.3) is 0 Å². The number of likely N-dealkylation sites (tertiary alicyclic amines) is 1. The molecule has 1 N–H and O–H groups in total. The molecule has 0 radical (unpaired) electrons. The van der Waals surface area contributed by atoms with Crippen molar-refractivity contribution in [3.63, 3.8) is 0 Å². The van der Waals surface area contributed by atoms with Crippen LogP contribution < -0.4 is 5.32 Å². The summed E-state index contributed by atoms with van der Waals surface area (Å²) in [5, 5.41) is 3.43. The highest BCUT2D eigenvalue weighted by Crippen LogP contribution is 2.31. The maximum absolute atomic E-state index is 14.4. The predicted octanol–water partition coefficient (Wildman–Crippen LogP) is 4.53. The van der Waals surface area contributed by atoms with Crippen LogP contribution in [0.2, 0.25) is 0 Å². The molecule has 1 aliphatic rings. The Balaban J connectivity index is 1.41. The van der Waals surface area contributed by atoms with Crippen LogP contribution in [0, 0.1) is 13.8 Å². The van der Waals surface area contributed by atoms with Gasteiger partial charge in [0.1, 0.15) is 12.0 Å². The first-order valence-corrected chi connectivity index (χ1v) is 12.3. The lowest BCUT2D eigenvalue weighted by Gasteiger charge is -2.23. The van der Waals surface area contributed by atoms with Gasteiger partial charge in [-0.05, 0) is 37.6 Å². The molecule has 0 unspecified atom stereocenters. The summed E-state index contributed by atoms with van der Waals surface area (Å²) >= 11 is 0. The molecule has 3 aromatic heterocycles. The largest absolute Gasteiger partial charge is 0.322 e. The number of hydrogen-bond acceptors (Lipinski definition) is 6. The number of halogens is 1. The van der Waals surface area contributed by atoms with Crippen molar-refractivity contribution in [3.8, 4) is 11.1 Å². The van der Waals surface area contributed by atoms with E-state index in [1.54, 1.807) is 31.5 Å². The van der Waals surface area contributed by atoms with E-state index in [0.29, 0.717) is 28.1 Å². The Labute approximate surface area is 218 Å². The number of carbonyl (C=O) groups excluding carboxylic acids is 3.